The van der Waals surface area contributed by atoms with Crippen molar-refractivity contribution in [3.05, 3.63) is 29.8 Å². The maximum Gasteiger partial charge on any atom is 0.233 e. The van der Waals surface area contributed by atoms with E-state index in [1.165, 1.54) is 10.5 Å². The Morgan fingerprint density at radius 2 is 2.16 bits per heavy atom. The summed E-state index contributed by atoms with van der Waals surface area (Å²) in [5, 5.41) is 0.167. The van der Waals surface area contributed by atoms with Gasteiger partial charge in [0.1, 0.15) is 5.37 Å². The van der Waals surface area contributed by atoms with Crippen molar-refractivity contribution in [1.29, 1.82) is 0 Å². The first-order chi connectivity index (χ1) is 9.26. The van der Waals surface area contributed by atoms with E-state index in [4.69, 9.17) is 4.74 Å². The molecule has 104 valence electrons. The Labute approximate surface area is 123 Å². The van der Waals surface area contributed by atoms with E-state index in [0.29, 0.717) is 12.4 Å². The topological polar surface area (TPSA) is 29.5 Å². The predicted molar refractivity (Wildman–Crippen MR) is 81.6 cm³/mol. The molecule has 1 amide bonds. The number of carbonyl (C=O) groups is 1. The molecule has 0 spiro atoms. The first-order valence-corrected chi connectivity index (χ1v) is 8.57. The van der Waals surface area contributed by atoms with Crippen LogP contribution < -0.4 is 0 Å². The highest BCUT2D eigenvalue weighted by Crippen LogP contribution is 2.38. The molecule has 19 heavy (non-hydrogen) atoms. The highest BCUT2D eigenvalue weighted by Gasteiger charge is 2.32. The van der Waals surface area contributed by atoms with Gasteiger partial charge in [-0.1, -0.05) is 12.1 Å². The van der Waals surface area contributed by atoms with Crippen molar-refractivity contribution in [3.63, 3.8) is 0 Å². The van der Waals surface area contributed by atoms with Gasteiger partial charge in [0.2, 0.25) is 5.91 Å². The van der Waals surface area contributed by atoms with Crippen LogP contribution in [-0.4, -0.2) is 43.1 Å². The summed E-state index contributed by atoms with van der Waals surface area (Å²) in [5.74, 6) is 0.821. The van der Waals surface area contributed by atoms with E-state index >= 15 is 0 Å². The minimum absolute atomic E-state index is 0.167. The zero-order valence-corrected chi connectivity index (χ0v) is 12.9. The first kappa shape index (κ1) is 14.8. The molecule has 5 heteroatoms. The number of rotatable bonds is 6. The van der Waals surface area contributed by atoms with E-state index in [9.17, 15) is 4.79 Å². The lowest BCUT2D eigenvalue weighted by atomic mass is 10.2. The molecule has 1 aromatic rings. The minimum Gasteiger partial charge on any atom is -0.385 e. The second-order valence-electron chi connectivity index (χ2n) is 4.37. The van der Waals surface area contributed by atoms with Gasteiger partial charge in [-0.3, -0.25) is 4.79 Å². The fourth-order valence-electron chi connectivity index (χ4n) is 2.12. The molecule has 1 fully saturated rings. The standard InChI is InChI=1S/C14H19NO2S2/c1-17-9-3-8-15-13(16)10-19-14(15)11-4-6-12(18-2)7-5-11/h4-7,14H,3,8-10H2,1-2H3. The number of carbonyl (C=O) groups excluding carboxylic acids is 1. The molecule has 1 aliphatic heterocycles. The second-order valence-corrected chi connectivity index (χ2v) is 6.32. The molecular weight excluding hydrogens is 278 g/mol. The number of hydrogen-bond donors (Lipinski definition) is 0. The zero-order valence-electron chi connectivity index (χ0n) is 11.3. The number of ether oxygens (including phenoxy) is 1. The van der Waals surface area contributed by atoms with Gasteiger partial charge in [0.25, 0.3) is 0 Å². The lowest BCUT2D eigenvalue weighted by Gasteiger charge is -2.24. The Hall–Kier alpha value is -0.650. The monoisotopic (exact) mass is 297 g/mol. The number of thioether (sulfide) groups is 2. The predicted octanol–water partition coefficient (Wildman–Crippen LogP) is 3.02. The van der Waals surface area contributed by atoms with Gasteiger partial charge in [-0.05, 0) is 30.4 Å². The van der Waals surface area contributed by atoms with Crippen molar-refractivity contribution in [1.82, 2.24) is 4.90 Å². The van der Waals surface area contributed by atoms with Crippen LogP contribution in [0, 0.1) is 0 Å². The molecule has 0 bridgehead atoms. The summed E-state index contributed by atoms with van der Waals surface area (Å²) in [6.45, 7) is 1.47. The van der Waals surface area contributed by atoms with Crippen LogP contribution in [0.4, 0.5) is 0 Å². The van der Waals surface area contributed by atoms with Crippen molar-refractivity contribution in [2.24, 2.45) is 0 Å². The van der Waals surface area contributed by atoms with Crippen LogP contribution in [0.2, 0.25) is 0 Å². The quantitative estimate of drug-likeness (QED) is 0.596. The average Bonchev–Trinajstić information content (AvgIpc) is 2.81. The molecule has 1 heterocycles. The summed E-state index contributed by atoms with van der Waals surface area (Å²) in [6, 6.07) is 8.50. The number of benzene rings is 1. The Kier molecular flexibility index (Phi) is 5.60. The normalized spacial score (nSPS) is 19.2. The molecule has 0 N–H and O–H groups in total. The summed E-state index contributed by atoms with van der Waals surface area (Å²) >= 11 is 3.45. The Morgan fingerprint density at radius 1 is 1.42 bits per heavy atom. The third-order valence-corrected chi connectivity index (χ3v) is 5.12. The molecule has 1 aliphatic rings. The molecule has 3 nitrogen and oxygen atoms in total. The molecule has 0 aromatic heterocycles. The fourth-order valence-corrected chi connectivity index (χ4v) is 3.75. The van der Waals surface area contributed by atoms with E-state index in [0.717, 1.165) is 13.0 Å². The second kappa shape index (κ2) is 7.22. The lowest BCUT2D eigenvalue weighted by Crippen LogP contribution is -2.29. The van der Waals surface area contributed by atoms with Crippen molar-refractivity contribution < 1.29 is 9.53 Å². The highest BCUT2D eigenvalue weighted by molar-refractivity contribution is 8.00. The summed E-state index contributed by atoms with van der Waals surface area (Å²) in [6.07, 6.45) is 2.96. The van der Waals surface area contributed by atoms with Gasteiger partial charge in [-0.15, -0.1) is 23.5 Å². The van der Waals surface area contributed by atoms with Crippen LogP contribution in [0.5, 0.6) is 0 Å². The van der Waals surface area contributed by atoms with Crippen molar-refractivity contribution in [3.8, 4) is 0 Å². The van der Waals surface area contributed by atoms with Crippen LogP contribution in [0.25, 0.3) is 0 Å². The molecule has 1 unspecified atom stereocenters. The van der Waals surface area contributed by atoms with Crippen LogP contribution >= 0.6 is 23.5 Å². The van der Waals surface area contributed by atoms with Gasteiger partial charge in [-0.25, -0.2) is 0 Å². The summed E-state index contributed by atoms with van der Waals surface area (Å²) < 4.78 is 5.06. The molecule has 0 radical (unpaired) electrons. The van der Waals surface area contributed by atoms with Gasteiger partial charge >= 0.3 is 0 Å². The van der Waals surface area contributed by atoms with Crippen LogP contribution in [-0.2, 0) is 9.53 Å². The minimum atomic E-state index is 0.167. The highest BCUT2D eigenvalue weighted by atomic mass is 32.2. The largest absolute Gasteiger partial charge is 0.385 e. The van der Waals surface area contributed by atoms with Crippen LogP contribution in [0.3, 0.4) is 0 Å². The maximum atomic E-state index is 11.9. The molecule has 1 atom stereocenters. The van der Waals surface area contributed by atoms with E-state index in [-0.39, 0.29) is 11.3 Å². The average molecular weight is 297 g/mol. The number of nitrogens with zero attached hydrogens (tertiary/aromatic N) is 1. The van der Waals surface area contributed by atoms with Crippen LogP contribution in [0.15, 0.2) is 29.2 Å². The molecule has 2 rings (SSSR count). The van der Waals surface area contributed by atoms with Crippen molar-refractivity contribution in [2.75, 3.05) is 32.3 Å². The smallest absolute Gasteiger partial charge is 0.233 e. The number of hydrogen-bond acceptors (Lipinski definition) is 4. The Morgan fingerprint density at radius 3 is 2.79 bits per heavy atom. The van der Waals surface area contributed by atoms with Crippen molar-refractivity contribution in [2.45, 2.75) is 16.7 Å². The van der Waals surface area contributed by atoms with E-state index in [1.54, 1.807) is 30.6 Å². The lowest BCUT2D eigenvalue weighted by molar-refractivity contribution is -0.128. The number of methoxy groups -OCH3 is 1. The van der Waals surface area contributed by atoms with Gasteiger partial charge in [0.05, 0.1) is 5.75 Å². The zero-order chi connectivity index (χ0) is 13.7. The molecular formula is C14H19NO2S2. The van der Waals surface area contributed by atoms with E-state index in [1.807, 2.05) is 4.90 Å². The SMILES string of the molecule is COCCCN1C(=O)CSC1c1ccc(SC)cc1. The van der Waals surface area contributed by atoms with E-state index < -0.39 is 0 Å². The molecule has 0 aliphatic carbocycles. The summed E-state index contributed by atoms with van der Waals surface area (Å²) in [4.78, 5) is 15.2. The summed E-state index contributed by atoms with van der Waals surface area (Å²) in [5.41, 5.74) is 1.21. The van der Waals surface area contributed by atoms with Gasteiger partial charge in [0.15, 0.2) is 0 Å². The molecule has 1 saturated heterocycles. The maximum absolute atomic E-state index is 11.9. The fraction of sp³-hybridized carbons (Fsp3) is 0.500. The van der Waals surface area contributed by atoms with Crippen molar-refractivity contribution >= 4 is 29.4 Å². The summed E-state index contributed by atoms with van der Waals surface area (Å²) in [7, 11) is 1.69. The van der Waals surface area contributed by atoms with E-state index in [2.05, 4.69) is 30.5 Å². The molecule has 0 saturated carbocycles. The van der Waals surface area contributed by atoms with Gasteiger partial charge in [0, 0.05) is 25.2 Å². The first-order valence-electron chi connectivity index (χ1n) is 6.30. The number of amides is 1. The van der Waals surface area contributed by atoms with Crippen LogP contribution in [0.1, 0.15) is 17.4 Å². The Bertz CT molecular complexity index is 422. The molecule has 1 aromatic carbocycles. The third-order valence-electron chi connectivity index (χ3n) is 3.12. The van der Waals surface area contributed by atoms with Gasteiger partial charge < -0.3 is 9.64 Å². The third kappa shape index (κ3) is 3.68. The van der Waals surface area contributed by atoms with Gasteiger partial charge in [-0.2, -0.15) is 0 Å². The Balaban J connectivity index is 2.05.